The number of unbranched alkanes of at least 4 members (excludes halogenated alkanes) is 2. The average molecular weight is 450 g/mol. The van der Waals surface area contributed by atoms with Crippen molar-refractivity contribution in [1.29, 1.82) is 0 Å². The van der Waals surface area contributed by atoms with E-state index in [1.165, 1.54) is 0 Å². The number of carbonyl (C=O) groups excluding carboxylic acids is 1. The summed E-state index contributed by atoms with van der Waals surface area (Å²) in [4.78, 5) is 16.3. The first-order valence-corrected chi connectivity index (χ1v) is 11.8. The molecule has 1 N–H and O–H groups in total. The van der Waals surface area contributed by atoms with Crippen LogP contribution in [0.3, 0.4) is 0 Å². The monoisotopic (exact) mass is 449 g/mol. The summed E-state index contributed by atoms with van der Waals surface area (Å²) < 4.78 is 5.62. The number of nitrogens with one attached hydrogen (secondary N) is 1. The van der Waals surface area contributed by atoms with Crippen molar-refractivity contribution in [2.45, 2.75) is 26.2 Å². The van der Waals surface area contributed by atoms with E-state index in [9.17, 15) is 4.79 Å². The number of para-hydroxylation sites is 1. The quantitative estimate of drug-likeness (QED) is 0.159. The summed E-state index contributed by atoms with van der Waals surface area (Å²) in [5.41, 5.74) is 6.15. The van der Waals surface area contributed by atoms with E-state index >= 15 is 0 Å². The van der Waals surface area contributed by atoms with Gasteiger partial charge in [-0.1, -0.05) is 74.4 Å². The lowest BCUT2D eigenvalue weighted by Gasteiger charge is -2.19. The van der Waals surface area contributed by atoms with E-state index in [1.807, 2.05) is 90.1 Å². The molecule has 0 fully saturated rings. The molecule has 5 nitrogen and oxygen atoms in total. The van der Waals surface area contributed by atoms with E-state index in [-0.39, 0.29) is 5.97 Å². The number of anilines is 2. The Bertz CT molecular complexity index is 1310. The van der Waals surface area contributed by atoms with E-state index in [0.717, 1.165) is 58.7 Å². The van der Waals surface area contributed by atoms with Crippen LogP contribution in [-0.4, -0.2) is 23.3 Å². The van der Waals surface area contributed by atoms with Gasteiger partial charge in [-0.2, -0.15) is 5.10 Å². The number of ether oxygens (including phenoxy) is 1. The smallest absolute Gasteiger partial charge is 0.338 e. The van der Waals surface area contributed by atoms with E-state index in [4.69, 9.17) is 9.84 Å². The summed E-state index contributed by atoms with van der Waals surface area (Å²) in [7, 11) is 0. The third-order valence-corrected chi connectivity index (χ3v) is 5.98. The van der Waals surface area contributed by atoms with Gasteiger partial charge in [-0.25, -0.2) is 9.80 Å². The Kier molecular flexibility index (Phi) is 6.25. The Morgan fingerprint density at radius 2 is 1.62 bits per heavy atom. The number of nitrogens with zero attached hydrogens (tertiary/aromatic N) is 2. The van der Waals surface area contributed by atoms with Crippen LogP contribution in [-0.2, 0) is 4.74 Å². The van der Waals surface area contributed by atoms with Gasteiger partial charge in [0.2, 0.25) is 0 Å². The highest BCUT2D eigenvalue weighted by Crippen LogP contribution is 2.40. The molecule has 1 heterocycles. The predicted molar refractivity (Wildman–Crippen MR) is 137 cm³/mol. The molecule has 3 aromatic carbocycles. The molecule has 5 heteroatoms. The number of hydrogen-bond donors (Lipinski definition) is 1. The molecule has 1 aliphatic rings. The maximum Gasteiger partial charge on any atom is 0.338 e. The van der Waals surface area contributed by atoms with Gasteiger partial charge in [0, 0.05) is 22.9 Å². The van der Waals surface area contributed by atoms with Gasteiger partial charge in [-0.05, 0) is 42.3 Å². The summed E-state index contributed by atoms with van der Waals surface area (Å²) in [6, 6.07) is 27.9. The molecule has 170 valence electrons. The number of H-pyrrole nitrogens is 1. The van der Waals surface area contributed by atoms with Gasteiger partial charge in [0.05, 0.1) is 23.6 Å². The lowest BCUT2D eigenvalue weighted by atomic mass is 9.99. The van der Waals surface area contributed by atoms with Crippen molar-refractivity contribution in [2.24, 2.45) is 5.10 Å². The highest BCUT2D eigenvalue weighted by atomic mass is 16.5. The Balaban J connectivity index is 1.61. The number of aromatic amines is 1. The number of hydrogen-bond acceptors (Lipinski definition) is 4. The minimum atomic E-state index is -0.284. The Morgan fingerprint density at radius 3 is 2.38 bits per heavy atom. The van der Waals surface area contributed by atoms with Crippen molar-refractivity contribution in [3.63, 3.8) is 0 Å². The molecule has 0 radical (unpaired) electrons. The fourth-order valence-electron chi connectivity index (χ4n) is 4.34. The van der Waals surface area contributed by atoms with Crippen LogP contribution in [0.15, 0.2) is 96.2 Å². The van der Waals surface area contributed by atoms with Crippen LogP contribution in [0.2, 0.25) is 0 Å². The molecule has 0 unspecified atom stereocenters. The summed E-state index contributed by atoms with van der Waals surface area (Å²) >= 11 is 0. The second-order valence-electron chi connectivity index (χ2n) is 8.27. The van der Waals surface area contributed by atoms with E-state index in [2.05, 4.69) is 18.0 Å². The first-order chi connectivity index (χ1) is 16.8. The third kappa shape index (κ3) is 4.13. The Labute approximate surface area is 199 Å². The fraction of sp³-hybridized carbons (Fsp3) is 0.172. The number of carbonyl (C=O) groups is 1. The lowest BCUT2D eigenvalue weighted by molar-refractivity contribution is 0.0499. The lowest BCUT2D eigenvalue weighted by Crippen LogP contribution is -2.14. The zero-order chi connectivity index (χ0) is 23.3. The van der Waals surface area contributed by atoms with E-state index in [1.54, 1.807) is 0 Å². The van der Waals surface area contributed by atoms with Gasteiger partial charge >= 0.3 is 5.97 Å². The molecule has 1 aromatic heterocycles. The standard InChI is InChI=1S/C29H27N3O2/c1-2-3-9-20-34-29(33)25-17-10-16-24-27(25)22-14-7-8-15-23(22)28(24)31-32(26-18-11-19-30-26)21-12-5-4-6-13-21/h4-8,10-19,30H,2-3,9,20H2,1H3/b31-28+. The van der Waals surface area contributed by atoms with Crippen molar-refractivity contribution >= 4 is 23.2 Å². The SMILES string of the molecule is CCCCCOC(=O)c1cccc2c1-c1ccccc1/C2=N\N(c1ccccc1)c1ccc[nH]1. The molecule has 0 atom stereocenters. The summed E-state index contributed by atoms with van der Waals surface area (Å²) in [5, 5.41) is 7.02. The van der Waals surface area contributed by atoms with Crippen molar-refractivity contribution in [3.8, 4) is 11.1 Å². The van der Waals surface area contributed by atoms with Gasteiger partial charge in [0.15, 0.2) is 0 Å². The summed E-state index contributed by atoms with van der Waals surface area (Å²) in [6.07, 6.45) is 4.90. The molecular formula is C29H27N3O2. The van der Waals surface area contributed by atoms with Crippen molar-refractivity contribution in [1.82, 2.24) is 4.98 Å². The maximum absolute atomic E-state index is 13.0. The van der Waals surface area contributed by atoms with Crippen LogP contribution in [0.1, 0.15) is 47.7 Å². The number of aromatic nitrogens is 1. The second-order valence-corrected chi connectivity index (χ2v) is 8.27. The third-order valence-electron chi connectivity index (χ3n) is 5.98. The molecule has 0 spiro atoms. The molecule has 0 aliphatic heterocycles. The number of fused-ring (bicyclic) bond motifs is 3. The highest BCUT2D eigenvalue weighted by molar-refractivity contribution is 6.27. The zero-order valence-corrected chi connectivity index (χ0v) is 19.2. The molecule has 34 heavy (non-hydrogen) atoms. The van der Waals surface area contributed by atoms with Gasteiger partial charge in [0.1, 0.15) is 5.82 Å². The fourth-order valence-corrected chi connectivity index (χ4v) is 4.34. The number of benzene rings is 3. The number of esters is 1. The van der Waals surface area contributed by atoms with Crippen molar-refractivity contribution < 1.29 is 9.53 Å². The molecule has 0 saturated carbocycles. The second kappa shape index (κ2) is 9.79. The van der Waals surface area contributed by atoms with Crippen molar-refractivity contribution in [3.05, 3.63) is 108 Å². The van der Waals surface area contributed by atoms with Crippen molar-refractivity contribution in [2.75, 3.05) is 11.6 Å². The van der Waals surface area contributed by atoms with Gasteiger partial charge in [-0.3, -0.25) is 0 Å². The first-order valence-electron chi connectivity index (χ1n) is 11.8. The molecule has 0 amide bonds. The average Bonchev–Trinajstić information content (AvgIpc) is 3.52. The maximum atomic E-state index is 13.0. The first kappa shape index (κ1) is 21.7. The van der Waals surface area contributed by atoms with Gasteiger partial charge < -0.3 is 9.72 Å². The van der Waals surface area contributed by atoms with Crippen LogP contribution < -0.4 is 5.01 Å². The van der Waals surface area contributed by atoms with Gasteiger partial charge in [-0.15, -0.1) is 0 Å². The highest BCUT2D eigenvalue weighted by Gasteiger charge is 2.30. The van der Waals surface area contributed by atoms with Crippen LogP contribution in [0.4, 0.5) is 11.5 Å². The van der Waals surface area contributed by atoms with E-state index in [0.29, 0.717) is 12.2 Å². The molecule has 4 aromatic rings. The van der Waals surface area contributed by atoms with Gasteiger partial charge in [0.25, 0.3) is 0 Å². The van der Waals surface area contributed by atoms with Crippen LogP contribution in [0.5, 0.6) is 0 Å². The molecule has 1 aliphatic carbocycles. The Hall–Kier alpha value is -4.12. The number of hydrazone groups is 1. The predicted octanol–water partition coefficient (Wildman–Crippen LogP) is 6.93. The molecule has 5 rings (SSSR count). The topological polar surface area (TPSA) is 57.7 Å². The largest absolute Gasteiger partial charge is 0.462 e. The molecule has 0 saturated heterocycles. The molecule has 0 bridgehead atoms. The van der Waals surface area contributed by atoms with Crippen LogP contribution in [0.25, 0.3) is 11.1 Å². The minimum absolute atomic E-state index is 0.284. The molecular weight excluding hydrogens is 422 g/mol. The Morgan fingerprint density at radius 1 is 0.853 bits per heavy atom. The number of rotatable bonds is 8. The summed E-state index contributed by atoms with van der Waals surface area (Å²) in [5.74, 6) is 0.574. The van der Waals surface area contributed by atoms with Crippen LogP contribution in [0, 0.1) is 0 Å². The minimum Gasteiger partial charge on any atom is -0.462 e. The zero-order valence-electron chi connectivity index (χ0n) is 19.2. The normalized spacial score (nSPS) is 12.9. The van der Waals surface area contributed by atoms with Crippen LogP contribution >= 0.6 is 0 Å². The summed E-state index contributed by atoms with van der Waals surface area (Å²) in [6.45, 7) is 2.57. The van der Waals surface area contributed by atoms with E-state index < -0.39 is 0 Å².